The SMILES string of the molecule is COc1ccc(C(O)C2COC(=O)N2C)cc1. The maximum absolute atomic E-state index is 11.2. The van der Waals surface area contributed by atoms with E-state index in [1.165, 1.54) is 4.90 Å². The van der Waals surface area contributed by atoms with Crippen molar-refractivity contribution in [3.8, 4) is 5.75 Å². The molecule has 0 spiro atoms. The Morgan fingerprint density at radius 1 is 1.47 bits per heavy atom. The highest BCUT2D eigenvalue weighted by molar-refractivity contribution is 5.69. The van der Waals surface area contributed by atoms with Crippen molar-refractivity contribution >= 4 is 6.09 Å². The number of rotatable bonds is 3. The molecule has 1 aliphatic rings. The molecule has 0 aliphatic carbocycles. The average Bonchev–Trinajstić information content (AvgIpc) is 2.69. The van der Waals surface area contributed by atoms with Gasteiger partial charge in [0.05, 0.1) is 13.2 Å². The van der Waals surface area contributed by atoms with Gasteiger partial charge in [0.2, 0.25) is 0 Å². The van der Waals surface area contributed by atoms with Crippen molar-refractivity contribution in [1.82, 2.24) is 4.90 Å². The molecule has 0 bridgehead atoms. The first-order valence-electron chi connectivity index (χ1n) is 5.35. The lowest BCUT2D eigenvalue weighted by Gasteiger charge is -2.22. The number of methoxy groups -OCH3 is 1. The van der Waals surface area contributed by atoms with Crippen molar-refractivity contribution < 1.29 is 19.4 Å². The summed E-state index contributed by atoms with van der Waals surface area (Å²) in [7, 11) is 3.20. The lowest BCUT2D eigenvalue weighted by atomic mass is 10.0. The number of nitrogens with zero attached hydrogens (tertiary/aromatic N) is 1. The largest absolute Gasteiger partial charge is 0.497 e. The number of aliphatic hydroxyl groups excluding tert-OH is 1. The first-order chi connectivity index (χ1) is 8.13. The minimum absolute atomic E-state index is 0.211. The molecule has 2 unspecified atom stereocenters. The smallest absolute Gasteiger partial charge is 0.410 e. The maximum atomic E-state index is 11.2. The minimum atomic E-state index is -0.752. The molecule has 1 heterocycles. The Bertz CT molecular complexity index is 403. The van der Waals surface area contributed by atoms with Crippen molar-refractivity contribution in [3.63, 3.8) is 0 Å². The van der Waals surface area contributed by atoms with Gasteiger partial charge in [0.25, 0.3) is 0 Å². The van der Waals surface area contributed by atoms with Gasteiger partial charge in [-0.25, -0.2) is 4.79 Å². The van der Waals surface area contributed by atoms with Crippen LogP contribution >= 0.6 is 0 Å². The zero-order valence-corrected chi connectivity index (χ0v) is 9.79. The molecule has 1 aromatic rings. The van der Waals surface area contributed by atoms with Crippen molar-refractivity contribution in [3.05, 3.63) is 29.8 Å². The van der Waals surface area contributed by atoms with Crippen molar-refractivity contribution in [2.24, 2.45) is 0 Å². The molecule has 92 valence electrons. The van der Waals surface area contributed by atoms with E-state index in [-0.39, 0.29) is 12.6 Å². The van der Waals surface area contributed by atoms with Crippen LogP contribution in [0, 0.1) is 0 Å². The van der Waals surface area contributed by atoms with E-state index in [2.05, 4.69) is 0 Å². The van der Waals surface area contributed by atoms with E-state index >= 15 is 0 Å². The van der Waals surface area contributed by atoms with Crippen LogP contribution in [0.25, 0.3) is 0 Å². The third-order valence-corrected chi connectivity index (χ3v) is 2.98. The van der Waals surface area contributed by atoms with E-state index in [1.54, 1.807) is 38.4 Å². The Morgan fingerprint density at radius 2 is 2.12 bits per heavy atom. The molecule has 1 N–H and O–H groups in total. The van der Waals surface area contributed by atoms with Crippen LogP contribution in [0.1, 0.15) is 11.7 Å². The molecule has 5 heteroatoms. The lowest BCUT2D eigenvalue weighted by molar-refractivity contribution is 0.0953. The fourth-order valence-corrected chi connectivity index (χ4v) is 1.83. The number of ether oxygens (including phenoxy) is 2. The monoisotopic (exact) mass is 237 g/mol. The van der Waals surface area contributed by atoms with Gasteiger partial charge in [-0.05, 0) is 17.7 Å². The van der Waals surface area contributed by atoms with Crippen LogP contribution in [0.5, 0.6) is 5.75 Å². The van der Waals surface area contributed by atoms with Crippen LogP contribution in [-0.4, -0.2) is 42.9 Å². The molecule has 0 radical (unpaired) electrons. The summed E-state index contributed by atoms with van der Waals surface area (Å²) in [5.41, 5.74) is 0.737. The van der Waals surface area contributed by atoms with Crippen LogP contribution in [-0.2, 0) is 4.74 Å². The van der Waals surface area contributed by atoms with Crippen LogP contribution in [0.3, 0.4) is 0 Å². The van der Waals surface area contributed by atoms with Gasteiger partial charge in [0, 0.05) is 7.05 Å². The molecule has 1 fully saturated rings. The zero-order chi connectivity index (χ0) is 12.4. The number of hydrogen-bond donors (Lipinski definition) is 1. The number of carbonyl (C=O) groups excluding carboxylic acids is 1. The molecule has 1 aromatic carbocycles. The van der Waals surface area contributed by atoms with Gasteiger partial charge in [-0.15, -0.1) is 0 Å². The molecule has 1 amide bonds. The van der Waals surface area contributed by atoms with Crippen LogP contribution in [0.15, 0.2) is 24.3 Å². The number of hydrogen-bond acceptors (Lipinski definition) is 4. The number of cyclic esters (lactones) is 1. The topological polar surface area (TPSA) is 59.0 Å². The minimum Gasteiger partial charge on any atom is -0.497 e. The predicted octanol–water partition coefficient (Wildman–Crippen LogP) is 1.18. The maximum Gasteiger partial charge on any atom is 0.410 e. The fourth-order valence-electron chi connectivity index (χ4n) is 1.83. The first kappa shape index (κ1) is 11.7. The first-order valence-corrected chi connectivity index (χ1v) is 5.35. The Morgan fingerprint density at radius 3 is 2.59 bits per heavy atom. The van der Waals surface area contributed by atoms with Gasteiger partial charge in [-0.2, -0.15) is 0 Å². The summed E-state index contributed by atoms with van der Waals surface area (Å²) in [5.74, 6) is 0.730. The van der Waals surface area contributed by atoms with E-state index in [4.69, 9.17) is 9.47 Å². The highest BCUT2D eigenvalue weighted by Crippen LogP contribution is 2.26. The van der Waals surface area contributed by atoms with Crippen LogP contribution in [0.4, 0.5) is 4.79 Å². The Balaban J connectivity index is 2.13. The summed E-state index contributed by atoms with van der Waals surface area (Å²) in [6.07, 6.45) is -1.15. The van der Waals surface area contributed by atoms with Crippen LogP contribution in [0.2, 0.25) is 0 Å². The number of amides is 1. The van der Waals surface area contributed by atoms with Gasteiger partial charge < -0.3 is 19.5 Å². The number of carbonyl (C=O) groups is 1. The highest BCUT2D eigenvalue weighted by atomic mass is 16.6. The number of aliphatic hydroxyl groups is 1. The molecular weight excluding hydrogens is 222 g/mol. The molecule has 1 saturated heterocycles. The molecule has 1 aliphatic heterocycles. The summed E-state index contributed by atoms with van der Waals surface area (Å²) >= 11 is 0. The summed E-state index contributed by atoms with van der Waals surface area (Å²) in [6, 6.07) is 6.77. The second-order valence-electron chi connectivity index (χ2n) is 3.97. The molecule has 17 heavy (non-hydrogen) atoms. The third-order valence-electron chi connectivity index (χ3n) is 2.98. The third kappa shape index (κ3) is 2.19. The van der Waals surface area contributed by atoms with E-state index in [0.29, 0.717) is 0 Å². The molecule has 2 rings (SSSR count). The Hall–Kier alpha value is -1.75. The van der Waals surface area contributed by atoms with Gasteiger partial charge in [0.15, 0.2) is 0 Å². The predicted molar refractivity (Wildman–Crippen MR) is 60.9 cm³/mol. The van der Waals surface area contributed by atoms with E-state index in [0.717, 1.165) is 11.3 Å². The van der Waals surface area contributed by atoms with Gasteiger partial charge in [-0.1, -0.05) is 12.1 Å². The van der Waals surface area contributed by atoms with Gasteiger partial charge >= 0.3 is 6.09 Å². The lowest BCUT2D eigenvalue weighted by Crippen LogP contribution is -2.34. The zero-order valence-electron chi connectivity index (χ0n) is 9.79. The summed E-state index contributed by atoms with van der Waals surface area (Å²) in [5, 5.41) is 10.2. The second-order valence-corrected chi connectivity index (χ2v) is 3.97. The Labute approximate surface area is 99.6 Å². The summed E-state index contributed by atoms with van der Waals surface area (Å²) in [6.45, 7) is 0.211. The quantitative estimate of drug-likeness (QED) is 0.857. The molecule has 2 atom stereocenters. The average molecular weight is 237 g/mol. The Kier molecular flexibility index (Phi) is 3.19. The fraction of sp³-hybridized carbons (Fsp3) is 0.417. The normalized spacial score (nSPS) is 21.2. The van der Waals surface area contributed by atoms with Crippen molar-refractivity contribution in [2.75, 3.05) is 20.8 Å². The number of likely N-dealkylation sites (N-methyl/N-ethyl adjacent to an activating group) is 1. The van der Waals surface area contributed by atoms with Gasteiger partial charge in [0.1, 0.15) is 18.5 Å². The summed E-state index contributed by atoms with van der Waals surface area (Å²) < 4.78 is 9.91. The standard InChI is InChI=1S/C12H15NO4/c1-13-10(7-17-12(13)15)11(14)8-3-5-9(16-2)6-4-8/h3-6,10-11,14H,7H2,1-2H3. The van der Waals surface area contributed by atoms with Crippen molar-refractivity contribution in [1.29, 1.82) is 0 Å². The summed E-state index contributed by atoms with van der Waals surface area (Å²) in [4.78, 5) is 12.6. The van der Waals surface area contributed by atoms with Crippen LogP contribution < -0.4 is 4.74 Å². The van der Waals surface area contributed by atoms with E-state index in [1.807, 2.05) is 0 Å². The number of benzene rings is 1. The van der Waals surface area contributed by atoms with Gasteiger partial charge in [-0.3, -0.25) is 0 Å². The van der Waals surface area contributed by atoms with Crippen molar-refractivity contribution in [2.45, 2.75) is 12.1 Å². The highest BCUT2D eigenvalue weighted by Gasteiger charge is 2.35. The second kappa shape index (κ2) is 4.63. The van der Waals surface area contributed by atoms with E-state index in [9.17, 15) is 9.90 Å². The van der Waals surface area contributed by atoms with E-state index < -0.39 is 12.2 Å². The molecular formula is C12H15NO4. The molecule has 5 nitrogen and oxygen atoms in total. The molecule has 0 saturated carbocycles. The molecule has 0 aromatic heterocycles.